The monoisotopic (exact) mass is 542 g/mol. The minimum absolute atomic E-state index is 0.0209. The van der Waals surface area contributed by atoms with Gasteiger partial charge in [0.2, 0.25) is 5.91 Å². The number of amides is 2. The molecular weight excluding hydrogens is 503 g/mol. The third kappa shape index (κ3) is 5.91. The number of halogens is 1. The van der Waals surface area contributed by atoms with Gasteiger partial charge in [0, 0.05) is 19.6 Å². The van der Waals surface area contributed by atoms with Crippen LogP contribution >= 0.6 is 0 Å². The van der Waals surface area contributed by atoms with Crippen LogP contribution in [0.4, 0.5) is 4.39 Å². The summed E-state index contributed by atoms with van der Waals surface area (Å²) < 4.78 is 20.3. The van der Waals surface area contributed by atoms with Crippen LogP contribution in [0.15, 0.2) is 78.9 Å². The van der Waals surface area contributed by atoms with Gasteiger partial charge < -0.3 is 14.5 Å². The number of nitrogens with zero attached hydrogens (tertiary/aromatic N) is 2. The normalized spacial score (nSPS) is 19.8. The van der Waals surface area contributed by atoms with Gasteiger partial charge in [-0.3, -0.25) is 9.59 Å². The lowest BCUT2D eigenvalue weighted by Crippen LogP contribution is -2.53. The quantitative estimate of drug-likeness (QED) is 0.374. The lowest BCUT2D eigenvalue weighted by molar-refractivity contribution is -0.140. The molecule has 5 nitrogen and oxygen atoms in total. The van der Waals surface area contributed by atoms with Gasteiger partial charge in [0.05, 0.1) is 17.0 Å². The van der Waals surface area contributed by atoms with Crippen LogP contribution in [0.3, 0.4) is 0 Å². The van der Waals surface area contributed by atoms with Crippen molar-refractivity contribution in [3.8, 4) is 5.75 Å². The molecule has 0 saturated heterocycles. The van der Waals surface area contributed by atoms with E-state index in [-0.39, 0.29) is 30.3 Å². The Kier molecular flexibility index (Phi) is 8.83. The molecule has 1 atom stereocenters. The van der Waals surface area contributed by atoms with Crippen molar-refractivity contribution in [1.29, 1.82) is 0 Å². The first kappa shape index (κ1) is 27.9. The lowest BCUT2D eigenvalue weighted by Gasteiger charge is -2.40. The Labute approximate surface area is 236 Å². The van der Waals surface area contributed by atoms with E-state index in [9.17, 15) is 14.0 Å². The fourth-order valence-corrected chi connectivity index (χ4v) is 6.36. The van der Waals surface area contributed by atoms with Crippen LogP contribution in [0.25, 0.3) is 0 Å². The van der Waals surface area contributed by atoms with E-state index in [4.69, 9.17) is 4.74 Å². The zero-order valence-corrected chi connectivity index (χ0v) is 23.4. The molecule has 0 radical (unpaired) electrons. The average molecular weight is 543 g/mol. The standard InChI is InChI=1S/C34H39FN2O3/c1-2-36-22-10-11-23-37(33(39)34(20-8-9-21-34)27-16-18-28(35)19-17-27)29(24-26-12-4-3-5-13-26)25-40-31-15-7-6-14-30(31)32(36)38/h3-7,12-19,29H,2,8-11,20-25H2,1H3/t29-/m0/s1. The Morgan fingerprint density at radius 3 is 2.30 bits per heavy atom. The predicted molar refractivity (Wildman–Crippen MR) is 155 cm³/mol. The van der Waals surface area contributed by atoms with Gasteiger partial charge in [-0.05, 0) is 74.4 Å². The summed E-state index contributed by atoms with van der Waals surface area (Å²) in [6.45, 7) is 4.08. The van der Waals surface area contributed by atoms with Gasteiger partial charge in [0.1, 0.15) is 18.2 Å². The maximum Gasteiger partial charge on any atom is 0.257 e. The summed E-state index contributed by atoms with van der Waals surface area (Å²) in [5, 5.41) is 0. The Bertz CT molecular complexity index is 1290. The molecule has 2 aliphatic rings. The molecule has 0 N–H and O–H groups in total. The van der Waals surface area contributed by atoms with E-state index < -0.39 is 5.41 Å². The van der Waals surface area contributed by atoms with Gasteiger partial charge in [-0.1, -0.05) is 67.4 Å². The van der Waals surface area contributed by atoms with Crippen LogP contribution < -0.4 is 4.74 Å². The largest absolute Gasteiger partial charge is 0.491 e. The number of benzene rings is 3. The van der Waals surface area contributed by atoms with Crippen molar-refractivity contribution in [3.63, 3.8) is 0 Å². The Morgan fingerprint density at radius 1 is 0.900 bits per heavy atom. The summed E-state index contributed by atoms with van der Waals surface area (Å²) in [5.41, 5.74) is 1.92. The first-order chi connectivity index (χ1) is 19.5. The van der Waals surface area contributed by atoms with E-state index in [1.807, 2.05) is 59.2 Å². The van der Waals surface area contributed by atoms with E-state index in [1.165, 1.54) is 12.1 Å². The third-order valence-corrected chi connectivity index (χ3v) is 8.57. The molecule has 1 aliphatic carbocycles. The maximum absolute atomic E-state index is 14.8. The first-order valence-electron chi connectivity index (χ1n) is 14.6. The first-order valence-corrected chi connectivity index (χ1v) is 14.6. The maximum atomic E-state index is 14.8. The fourth-order valence-electron chi connectivity index (χ4n) is 6.36. The van der Waals surface area contributed by atoms with Gasteiger partial charge in [0.25, 0.3) is 5.91 Å². The number of para-hydroxylation sites is 1. The molecule has 3 aromatic carbocycles. The zero-order chi connectivity index (χ0) is 28.0. The molecule has 6 heteroatoms. The third-order valence-electron chi connectivity index (χ3n) is 8.57. The summed E-state index contributed by atoms with van der Waals surface area (Å²) in [5.74, 6) is 0.341. The van der Waals surface area contributed by atoms with Crippen molar-refractivity contribution >= 4 is 11.8 Å². The van der Waals surface area contributed by atoms with E-state index in [0.29, 0.717) is 37.4 Å². The number of hydrogen-bond acceptors (Lipinski definition) is 3. The predicted octanol–water partition coefficient (Wildman–Crippen LogP) is 6.41. The minimum Gasteiger partial charge on any atom is -0.491 e. The van der Waals surface area contributed by atoms with Crippen molar-refractivity contribution in [3.05, 3.63) is 101 Å². The van der Waals surface area contributed by atoms with E-state index >= 15 is 0 Å². The highest BCUT2D eigenvalue weighted by Crippen LogP contribution is 2.43. The second kappa shape index (κ2) is 12.7. The summed E-state index contributed by atoms with van der Waals surface area (Å²) in [6, 6.07) is 23.9. The molecule has 0 spiro atoms. The number of carbonyl (C=O) groups is 2. The summed E-state index contributed by atoms with van der Waals surface area (Å²) >= 11 is 0. The molecule has 210 valence electrons. The molecule has 2 amide bonds. The van der Waals surface area contributed by atoms with Crippen LogP contribution in [0, 0.1) is 5.82 Å². The number of carbonyl (C=O) groups excluding carboxylic acids is 2. The molecule has 3 aromatic rings. The molecular formula is C34H39FN2O3. The van der Waals surface area contributed by atoms with E-state index in [0.717, 1.165) is 49.7 Å². The summed E-state index contributed by atoms with van der Waals surface area (Å²) in [4.78, 5) is 32.0. The zero-order valence-electron chi connectivity index (χ0n) is 23.4. The van der Waals surface area contributed by atoms with E-state index in [1.54, 1.807) is 12.1 Å². The summed E-state index contributed by atoms with van der Waals surface area (Å²) in [6.07, 6.45) is 5.68. The highest BCUT2D eigenvalue weighted by atomic mass is 19.1. The second-order valence-corrected chi connectivity index (χ2v) is 11.0. The van der Waals surface area contributed by atoms with Gasteiger partial charge >= 0.3 is 0 Å². The van der Waals surface area contributed by atoms with Crippen molar-refractivity contribution in [2.24, 2.45) is 0 Å². The minimum atomic E-state index is -0.664. The van der Waals surface area contributed by atoms with Gasteiger partial charge in [-0.2, -0.15) is 0 Å². The van der Waals surface area contributed by atoms with Crippen LogP contribution in [-0.2, 0) is 16.6 Å². The summed E-state index contributed by atoms with van der Waals surface area (Å²) in [7, 11) is 0. The van der Waals surface area contributed by atoms with Gasteiger partial charge in [-0.25, -0.2) is 4.39 Å². The number of fused-ring (bicyclic) bond motifs is 1. The van der Waals surface area contributed by atoms with Crippen molar-refractivity contribution in [2.45, 2.75) is 63.3 Å². The Morgan fingerprint density at radius 2 is 1.57 bits per heavy atom. The SMILES string of the molecule is CCN1CCCCN(C(=O)C2(c3ccc(F)cc3)CCCC2)[C@@H](Cc2ccccc2)COc2ccccc2C1=O. The molecule has 40 heavy (non-hydrogen) atoms. The van der Waals surface area contributed by atoms with Crippen LogP contribution in [0.5, 0.6) is 5.75 Å². The van der Waals surface area contributed by atoms with Gasteiger partial charge in [-0.15, -0.1) is 0 Å². The van der Waals surface area contributed by atoms with Crippen molar-refractivity contribution in [1.82, 2.24) is 9.80 Å². The fraction of sp³-hybridized carbons (Fsp3) is 0.412. The number of rotatable bonds is 5. The number of hydrogen-bond donors (Lipinski definition) is 0. The van der Waals surface area contributed by atoms with Crippen molar-refractivity contribution in [2.75, 3.05) is 26.2 Å². The smallest absolute Gasteiger partial charge is 0.257 e. The molecule has 0 aromatic heterocycles. The highest BCUT2D eigenvalue weighted by Gasteiger charge is 2.46. The van der Waals surface area contributed by atoms with Gasteiger partial charge in [0.15, 0.2) is 0 Å². The van der Waals surface area contributed by atoms with Crippen LogP contribution in [0.1, 0.15) is 66.9 Å². The Balaban J connectivity index is 1.54. The molecule has 1 aliphatic heterocycles. The average Bonchev–Trinajstić information content (AvgIpc) is 3.49. The lowest BCUT2D eigenvalue weighted by atomic mass is 9.77. The molecule has 1 saturated carbocycles. The molecule has 1 fully saturated rings. The Hall–Kier alpha value is -3.67. The molecule has 1 heterocycles. The highest BCUT2D eigenvalue weighted by molar-refractivity contribution is 5.97. The van der Waals surface area contributed by atoms with Crippen LogP contribution in [-0.4, -0.2) is 53.9 Å². The van der Waals surface area contributed by atoms with Crippen LogP contribution in [0.2, 0.25) is 0 Å². The molecule has 0 bridgehead atoms. The number of ether oxygens (including phenoxy) is 1. The molecule has 0 unspecified atom stereocenters. The topological polar surface area (TPSA) is 49.9 Å². The molecule has 5 rings (SSSR count). The van der Waals surface area contributed by atoms with Crippen molar-refractivity contribution < 1.29 is 18.7 Å². The van der Waals surface area contributed by atoms with E-state index in [2.05, 4.69) is 12.1 Å². The second-order valence-electron chi connectivity index (χ2n) is 11.0.